The quantitative estimate of drug-likeness (QED) is 0.484. The van der Waals surface area contributed by atoms with Gasteiger partial charge in [0.25, 0.3) is 5.91 Å². The molecule has 3 heterocycles. The number of aliphatic carboxylic acids is 1. The molecule has 4 N–H and O–H groups in total. The largest absolute Gasteiger partial charge is 0.479 e. The van der Waals surface area contributed by atoms with Gasteiger partial charge < -0.3 is 34.8 Å². The van der Waals surface area contributed by atoms with Crippen LogP contribution in [-0.4, -0.2) is 86.0 Å². The van der Waals surface area contributed by atoms with Crippen molar-refractivity contribution in [2.45, 2.75) is 49.3 Å². The molecule has 0 radical (unpaired) electrons. The van der Waals surface area contributed by atoms with E-state index in [-0.39, 0.29) is 6.42 Å². The number of pyridine rings is 1. The Morgan fingerprint density at radius 3 is 2.77 bits per heavy atom. The van der Waals surface area contributed by atoms with Crippen molar-refractivity contribution in [1.29, 1.82) is 0 Å². The molecule has 1 amide bonds. The third kappa shape index (κ3) is 3.29. The molecule has 0 bridgehead atoms. The lowest BCUT2D eigenvalue weighted by Gasteiger charge is -2.39. The first kappa shape index (κ1) is 15.0. The van der Waals surface area contributed by atoms with Crippen LogP contribution in [0.1, 0.15) is 22.1 Å². The minimum absolute atomic E-state index is 0.133. The van der Waals surface area contributed by atoms with Gasteiger partial charge in [-0.3, -0.25) is 9.78 Å². The number of carbonyl (C=O) groups is 2. The molecule has 0 aliphatic carbocycles. The van der Waals surface area contributed by atoms with Gasteiger partial charge in [0.15, 0.2) is 12.4 Å². The third-order valence-corrected chi connectivity index (χ3v) is 4.44. The Morgan fingerprint density at radius 1 is 1.38 bits per heavy atom. The normalized spacial score (nSPS) is 40.0. The number of likely N-dealkylation sites (N-methyl/N-ethyl adjacent to an activating group) is 1. The zero-order valence-electron chi connectivity index (χ0n) is 16.4. The van der Waals surface area contributed by atoms with Crippen LogP contribution in [0.25, 0.3) is 0 Å². The molecule has 1 aromatic heterocycles. The average Bonchev–Trinajstić information content (AvgIpc) is 2.99. The summed E-state index contributed by atoms with van der Waals surface area (Å²) < 4.78 is 33.4. The number of rotatable bonds is 4. The second-order valence-electron chi connectivity index (χ2n) is 6.11. The summed E-state index contributed by atoms with van der Waals surface area (Å²) in [5.41, 5.74) is 0.451. The highest BCUT2D eigenvalue weighted by molar-refractivity contribution is 5.83. The summed E-state index contributed by atoms with van der Waals surface area (Å²) in [6.07, 6.45) is -7.97. The molecule has 2 aliphatic heterocycles. The minimum Gasteiger partial charge on any atom is -0.479 e. The molecule has 1 aromatic rings. The fraction of sp³-hybridized carbons (Fsp3) is 0.562. The van der Waals surface area contributed by atoms with Gasteiger partial charge >= 0.3 is 5.97 Å². The van der Waals surface area contributed by atoms with Crippen molar-refractivity contribution in [2.24, 2.45) is 0 Å². The highest BCUT2D eigenvalue weighted by Gasteiger charge is 2.50. The summed E-state index contributed by atoms with van der Waals surface area (Å²) in [6, 6.07) is 2.27. The van der Waals surface area contributed by atoms with Gasteiger partial charge in [-0.15, -0.1) is 0 Å². The zero-order chi connectivity index (χ0) is 21.5. The van der Waals surface area contributed by atoms with Crippen molar-refractivity contribution < 1.29 is 43.6 Å². The van der Waals surface area contributed by atoms with E-state index < -0.39 is 61.7 Å². The number of carboxylic acids is 1. The standard InChI is InChI=1S/C16H20N2O8/c1-18-8(7-3-2-4-17-6-7)5-9(14(18)22)25-16-12(21)10(19)11(20)13(26-16)15(23)24/h2-4,6,8-13,16,19-21H,5H2,1H3,(H,23,24)/t8?,9-,10+,11-,12?,13?,16+/m0/s1/i1D3. The van der Waals surface area contributed by atoms with Crippen LogP contribution in [-0.2, 0) is 19.1 Å². The molecule has 142 valence electrons. The molecule has 3 unspecified atom stereocenters. The number of carbonyl (C=O) groups excluding carboxylic acids is 1. The topological polar surface area (TPSA) is 150 Å². The van der Waals surface area contributed by atoms with Crippen molar-refractivity contribution in [3.05, 3.63) is 30.1 Å². The van der Waals surface area contributed by atoms with Crippen LogP contribution in [0.5, 0.6) is 0 Å². The smallest absolute Gasteiger partial charge is 0.335 e. The Kier molecular flexibility index (Phi) is 4.18. The van der Waals surface area contributed by atoms with E-state index in [1.54, 1.807) is 12.1 Å². The Bertz CT molecular complexity index is 764. The molecule has 26 heavy (non-hydrogen) atoms. The van der Waals surface area contributed by atoms with Gasteiger partial charge in [-0.2, -0.15) is 0 Å². The molecule has 2 fully saturated rings. The molecule has 10 nitrogen and oxygen atoms in total. The van der Waals surface area contributed by atoms with E-state index in [9.17, 15) is 24.9 Å². The zero-order valence-corrected chi connectivity index (χ0v) is 13.4. The SMILES string of the molecule is [2H]C([2H])([2H])N1C(=O)[C@@H](O[C@@H]2OC(C(=O)O)[C@@H](O)[C@@H](O)C2O)CC1c1cccnc1. The van der Waals surface area contributed by atoms with E-state index in [0.29, 0.717) is 10.5 Å². The van der Waals surface area contributed by atoms with E-state index in [2.05, 4.69) is 4.98 Å². The summed E-state index contributed by atoms with van der Waals surface area (Å²) in [5.74, 6) is -2.52. The van der Waals surface area contributed by atoms with Gasteiger partial charge in [0, 0.05) is 29.9 Å². The molecule has 7 atom stereocenters. The number of aliphatic hydroxyl groups excluding tert-OH is 3. The van der Waals surface area contributed by atoms with Gasteiger partial charge in [0.1, 0.15) is 24.4 Å². The number of carboxylic acid groups (broad SMARTS) is 1. The predicted molar refractivity (Wildman–Crippen MR) is 83.6 cm³/mol. The van der Waals surface area contributed by atoms with Gasteiger partial charge in [0.05, 0.1) is 6.04 Å². The molecular formula is C16H20N2O8. The fourth-order valence-corrected chi connectivity index (χ4v) is 3.02. The van der Waals surface area contributed by atoms with Gasteiger partial charge in [-0.05, 0) is 11.6 Å². The van der Waals surface area contributed by atoms with E-state index >= 15 is 0 Å². The molecule has 10 heteroatoms. The Labute approximate surface area is 152 Å². The first-order chi connectivity index (χ1) is 13.5. The number of hydrogen-bond acceptors (Lipinski definition) is 8. The maximum atomic E-state index is 12.7. The number of ether oxygens (including phenoxy) is 2. The van der Waals surface area contributed by atoms with Crippen LogP contribution in [0.4, 0.5) is 0 Å². The lowest BCUT2D eigenvalue weighted by Crippen LogP contribution is -2.61. The first-order valence-corrected chi connectivity index (χ1v) is 7.83. The van der Waals surface area contributed by atoms with Crippen molar-refractivity contribution in [1.82, 2.24) is 9.88 Å². The molecule has 3 rings (SSSR count). The highest BCUT2D eigenvalue weighted by atomic mass is 16.7. The fourth-order valence-electron chi connectivity index (χ4n) is 3.02. The molecule has 0 saturated carbocycles. The molecule has 2 saturated heterocycles. The van der Waals surface area contributed by atoms with E-state index in [4.69, 9.17) is 18.7 Å². The van der Waals surface area contributed by atoms with Crippen molar-refractivity contribution in [3.8, 4) is 0 Å². The second kappa shape index (κ2) is 7.25. The molecule has 0 aromatic carbocycles. The van der Waals surface area contributed by atoms with Crippen LogP contribution in [0.3, 0.4) is 0 Å². The van der Waals surface area contributed by atoms with Crippen molar-refractivity contribution >= 4 is 11.9 Å². The third-order valence-electron chi connectivity index (χ3n) is 4.44. The van der Waals surface area contributed by atoms with Crippen molar-refractivity contribution in [3.63, 3.8) is 0 Å². The number of hydrogen-bond donors (Lipinski definition) is 4. The number of likely N-dealkylation sites (tertiary alicyclic amines) is 1. The molecular weight excluding hydrogens is 348 g/mol. The van der Waals surface area contributed by atoms with Crippen molar-refractivity contribution in [2.75, 3.05) is 6.98 Å². The number of aliphatic hydroxyl groups is 3. The first-order valence-electron chi connectivity index (χ1n) is 9.33. The lowest BCUT2D eigenvalue weighted by atomic mass is 9.99. The Balaban J connectivity index is 1.83. The van der Waals surface area contributed by atoms with Crippen LogP contribution in [0, 0.1) is 0 Å². The maximum Gasteiger partial charge on any atom is 0.335 e. The number of nitrogens with zero attached hydrogens (tertiary/aromatic N) is 2. The summed E-state index contributed by atoms with van der Waals surface area (Å²) in [6.45, 7) is -2.79. The van der Waals surface area contributed by atoms with Gasteiger partial charge in [-0.25, -0.2) is 4.79 Å². The Hall–Kier alpha value is -2.11. The van der Waals surface area contributed by atoms with E-state index in [1.165, 1.54) is 12.4 Å². The van der Waals surface area contributed by atoms with Gasteiger partial charge in [-0.1, -0.05) is 6.07 Å². The summed E-state index contributed by atoms with van der Waals surface area (Å²) >= 11 is 0. The summed E-state index contributed by atoms with van der Waals surface area (Å²) in [7, 11) is 0. The van der Waals surface area contributed by atoms with E-state index in [0.717, 1.165) is 0 Å². The maximum absolute atomic E-state index is 12.7. The van der Waals surface area contributed by atoms with Crippen LogP contribution < -0.4 is 0 Å². The number of amides is 1. The molecule has 2 aliphatic rings. The van der Waals surface area contributed by atoms with Crippen LogP contribution >= 0.6 is 0 Å². The number of aromatic nitrogens is 1. The monoisotopic (exact) mass is 371 g/mol. The predicted octanol–water partition coefficient (Wildman–Crippen LogP) is -1.74. The van der Waals surface area contributed by atoms with Crippen LogP contribution in [0.15, 0.2) is 24.5 Å². The molecule has 0 spiro atoms. The average molecular weight is 371 g/mol. The highest BCUT2D eigenvalue weighted by Crippen LogP contribution is 2.34. The van der Waals surface area contributed by atoms with Gasteiger partial charge in [0.2, 0.25) is 0 Å². The minimum atomic E-state index is -2.79. The summed E-state index contributed by atoms with van der Waals surface area (Å²) in [4.78, 5) is 28.5. The second-order valence-corrected chi connectivity index (χ2v) is 6.11. The Morgan fingerprint density at radius 2 is 2.15 bits per heavy atom. The summed E-state index contributed by atoms with van der Waals surface area (Å²) in [5, 5.41) is 38.7. The van der Waals surface area contributed by atoms with Crippen LogP contribution in [0.2, 0.25) is 0 Å². The van der Waals surface area contributed by atoms with E-state index in [1.807, 2.05) is 0 Å². The lowest BCUT2D eigenvalue weighted by molar-refractivity contribution is -0.301.